The smallest absolute Gasteiger partial charge is 0.238 e. The summed E-state index contributed by atoms with van der Waals surface area (Å²) in [5.74, 6) is -0.0594. The van der Waals surface area contributed by atoms with Crippen LogP contribution in [0.5, 0.6) is 0 Å². The van der Waals surface area contributed by atoms with E-state index in [1.807, 2.05) is 38.1 Å². The van der Waals surface area contributed by atoms with Crippen molar-refractivity contribution in [1.82, 2.24) is 5.32 Å². The van der Waals surface area contributed by atoms with Crippen LogP contribution in [0.4, 0.5) is 5.69 Å². The molecule has 0 fully saturated rings. The zero-order valence-corrected chi connectivity index (χ0v) is 12.5. The normalized spacial score (nSPS) is 13.8. The van der Waals surface area contributed by atoms with Gasteiger partial charge in [-0.3, -0.25) is 9.00 Å². The minimum atomic E-state index is -0.799. The highest BCUT2D eigenvalue weighted by molar-refractivity contribution is 7.84. The van der Waals surface area contributed by atoms with Gasteiger partial charge in [-0.15, -0.1) is 0 Å². The van der Waals surface area contributed by atoms with Crippen molar-refractivity contribution in [3.8, 4) is 0 Å². The Kier molecular flexibility index (Phi) is 6.73. The second-order valence-electron chi connectivity index (χ2n) is 4.69. The van der Waals surface area contributed by atoms with E-state index in [0.29, 0.717) is 6.54 Å². The van der Waals surface area contributed by atoms with Crippen LogP contribution in [0.2, 0.25) is 0 Å². The number of amides is 1. The highest BCUT2D eigenvalue weighted by atomic mass is 32.2. The van der Waals surface area contributed by atoms with E-state index in [0.717, 1.165) is 17.7 Å². The van der Waals surface area contributed by atoms with Gasteiger partial charge in [-0.25, -0.2) is 0 Å². The number of nitrogens with one attached hydrogen (secondary N) is 2. The van der Waals surface area contributed by atoms with Crippen LogP contribution in [-0.2, 0) is 15.6 Å². The Balaban J connectivity index is 2.23. The molecule has 0 saturated heterocycles. The predicted molar refractivity (Wildman–Crippen MR) is 80.8 cm³/mol. The van der Waals surface area contributed by atoms with Crippen LogP contribution in [0.3, 0.4) is 0 Å². The summed E-state index contributed by atoms with van der Waals surface area (Å²) >= 11 is 0. The Labute approximate surface area is 117 Å². The van der Waals surface area contributed by atoms with Gasteiger partial charge in [0, 0.05) is 28.0 Å². The van der Waals surface area contributed by atoms with Crippen LogP contribution in [0.15, 0.2) is 24.3 Å². The van der Waals surface area contributed by atoms with Crippen molar-refractivity contribution < 1.29 is 9.00 Å². The maximum atomic E-state index is 11.7. The molecule has 2 atom stereocenters. The Morgan fingerprint density at radius 1 is 1.42 bits per heavy atom. The maximum absolute atomic E-state index is 11.7. The van der Waals surface area contributed by atoms with E-state index in [1.54, 1.807) is 6.26 Å². The van der Waals surface area contributed by atoms with Crippen LogP contribution in [0, 0.1) is 6.92 Å². The first-order valence-electron chi connectivity index (χ1n) is 6.38. The highest BCUT2D eigenvalue weighted by Crippen LogP contribution is 2.08. The molecule has 19 heavy (non-hydrogen) atoms. The molecule has 2 N–H and O–H groups in total. The van der Waals surface area contributed by atoms with Crippen LogP contribution in [0.25, 0.3) is 0 Å². The number of hydrogen-bond acceptors (Lipinski definition) is 3. The van der Waals surface area contributed by atoms with Crippen LogP contribution < -0.4 is 10.6 Å². The topological polar surface area (TPSA) is 58.2 Å². The number of anilines is 1. The minimum absolute atomic E-state index is 0.0594. The van der Waals surface area contributed by atoms with Crippen molar-refractivity contribution in [2.75, 3.05) is 24.7 Å². The molecule has 0 aliphatic heterocycles. The van der Waals surface area contributed by atoms with Gasteiger partial charge in [0.25, 0.3) is 0 Å². The number of carbonyl (C=O) groups excluding carboxylic acids is 1. The number of rotatable bonds is 7. The summed E-state index contributed by atoms with van der Waals surface area (Å²) in [6, 6.07) is 7.70. The first-order valence-corrected chi connectivity index (χ1v) is 8.00. The Morgan fingerprint density at radius 3 is 2.79 bits per heavy atom. The summed E-state index contributed by atoms with van der Waals surface area (Å²) in [4.78, 5) is 11.7. The number of aryl methyl sites for hydroxylation is 1. The van der Waals surface area contributed by atoms with Gasteiger partial charge >= 0.3 is 0 Å². The lowest BCUT2D eigenvalue weighted by atomic mass is 10.2. The van der Waals surface area contributed by atoms with E-state index >= 15 is 0 Å². The van der Waals surface area contributed by atoms with Gasteiger partial charge in [0.15, 0.2) is 0 Å². The molecule has 0 spiro atoms. The van der Waals surface area contributed by atoms with Crippen molar-refractivity contribution in [3.05, 3.63) is 29.8 Å². The van der Waals surface area contributed by atoms with E-state index in [1.165, 1.54) is 0 Å². The van der Waals surface area contributed by atoms with Gasteiger partial charge in [-0.2, -0.15) is 0 Å². The fourth-order valence-electron chi connectivity index (χ4n) is 1.60. The molecular weight excluding hydrogens is 260 g/mol. The third kappa shape index (κ3) is 6.50. The van der Waals surface area contributed by atoms with Gasteiger partial charge in [-0.1, -0.05) is 19.1 Å². The molecule has 1 aromatic rings. The summed E-state index contributed by atoms with van der Waals surface area (Å²) in [6.07, 6.45) is 2.51. The fraction of sp³-hybridized carbons (Fsp3) is 0.500. The largest absolute Gasteiger partial charge is 0.325 e. The molecule has 2 unspecified atom stereocenters. The van der Waals surface area contributed by atoms with Crippen LogP contribution >= 0.6 is 0 Å². The molecular formula is C14H22N2O2S. The van der Waals surface area contributed by atoms with E-state index < -0.39 is 10.8 Å². The quantitative estimate of drug-likeness (QED) is 0.748. The summed E-state index contributed by atoms with van der Waals surface area (Å²) in [7, 11) is -0.799. The number of carbonyl (C=O) groups is 1. The minimum Gasteiger partial charge on any atom is -0.325 e. The average molecular weight is 282 g/mol. The summed E-state index contributed by atoms with van der Waals surface area (Å²) < 4.78 is 11.1. The molecule has 0 aliphatic rings. The van der Waals surface area contributed by atoms with Gasteiger partial charge in [0.2, 0.25) is 5.91 Å². The van der Waals surface area contributed by atoms with E-state index in [9.17, 15) is 9.00 Å². The monoisotopic (exact) mass is 282 g/mol. The fourth-order valence-corrected chi connectivity index (χ4v) is 2.05. The third-order valence-electron chi connectivity index (χ3n) is 2.88. The van der Waals surface area contributed by atoms with E-state index in [-0.39, 0.29) is 17.7 Å². The van der Waals surface area contributed by atoms with Crippen molar-refractivity contribution in [2.24, 2.45) is 0 Å². The summed E-state index contributed by atoms with van der Waals surface area (Å²) in [6.45, 7) is 4.91. The molecule has 0 radical (unpaired) electrons. The molecule has 0 bridgehead atoms. The number of benzene rings is 1. The lowest BCUT2D eigenvalue weighted by molar-refractivity contribution is -0.115. The second-order valence-corrected chi connectivity index (χ2v) is 6.49. The van der Waals surface area contributed by atoms with Crippen LogP contribution in [-0.4, -0.2) is 34.7 Å². The third-order valence-corrected chi connectivity index (χ3v) is 4.25. The molecule has 0 aromatic heterocycles. The lowest BCUT2D eigenvalue weighted by Gasteiger charge is -2.09. The second kappa shape index (κ2) is 8.07. The number of hydrogen-bond donors (Lipinski definition) is 2. The molecule has 0 saturated carbocycles. The molecule has 1 amide bonds. The van der Waals surface area contributed by atoms with Crippen molar-refractivity contribution in [1.29, 1.82) is 0 Å². The van der Waals surface area contributed by atoms with Crippen molar-refractivity contribution >= 4 is 22.4 Å². The Morgan fingerprint density at radius 2 is 2.16 bits per heavy atom. The highest BCUT2D eigenvalue weighted by Gasteiger charge is 2.06. The zero-order valence-electron chi connectivity index (χ0n) is 11.7. The van der Waals surface area contributed by atoms with Gasteiger partial charge < -0.3 is 10.6 Å². The molecule has 5 heteroatoms. The van der Waals surface area contributed by atoms with Crippen molar-refractivity contribution in [3.63, 3.8) is 0 Å². The first kappa shape index (κ1) is 15.9. The zero-order chi connectivity index (χ0) is 14.3. The molecule has 0 heterocycles. The van der Waals surface area contributed by atoms with E-state index in [2.05, 4.69) is 10.6 Å². The maximum Gasteiger partial charge on any atom is 0.238 e. The average Bonchev–Trinajstić information content (AvgIpc) is 2.34. The lowest BCUT2D eigenvalue weighted by Crippen LogP contribution is -2.30. The van der Waals surface area contributed by atoms with Gasteiger partial charge in [-0.05, 0) is 37.6 Å². The molecule has 4 nitrogen and oxygen atoms in total. The first-order chi connectivity index (χ1) is 8.99. The van der Waals surface area contributed by atoms with Gasteiger partial charge in [0.1, 0.15) is 0 Å². The van der Waals surface area contributed by atoms with Gasteiger partial charge in [0.05, 0.1) is 6.54 Å². The predicted octanol–water partition coefficient (Wildman–Crippen LogP) is 1.68. The van der Waals surface area contributed by atoms with Crippen molar-refractivity contribution in [2.45, 2.75) is 25.5 Å². The Bertz CT molecular complexity index is 449. The standard InChI is InChI=1S/C14H22N2O2S/c1-11-5-4-6-13(9-11)16-14(17)10-15-8-7-12(2)19(3)18/h4-6,9,12,15H,7-8,10H2,1-3H3,(H,16,17). The molecule has 1 aromatic carbocycles. The Hall–Kier alpha value is -1.20. The van der Waals surface area contributed by atoms with Crippen LogP contribution in [0.1, 0.15) is 18.9 Å². The molecule has 1 rings (SSSR count). The summed E-state index contributed by atoms with van der Waals surface area (Å²) in [5.41, 5.74) is 1.93. The molecule has 106 valence electrons. The van der Waals surface area contributed by atoms with E-state index in [4.69, 9.17) is 0 Å². The molecule has 0 aliphatic carbocycles. The summed E-state index contributed by atoms with van der Waals surface area (Å²) in [5, 5.41) is 6.05. The SMILES string of the molecule is Cc1cccc(NC(=O)CNCCC(C)S(C)=O)c1.